The van der Waals surface area contributed by atoms with Gasteiger partial charge in [-0.05, 0) is 36.1 Å². The van der Waals surface area contributed by atoms with Crippen molar-refractivity contribution in [2.24, 2.45) is 5.73 Å². The van der Waals surface area contributed by atoms with Crippen LogP contribution in [0.3, 0.4) is 0 Å². The quantitative estimate of drug-likeness (QED) is 0.469. The molecule has 0 aliphatic carbocycles. The molecule has 1 atom stereocenters. The van der Waals surface area contributed by atoms with E-state index in [2.05, 4.69) is 0 Å². The molecular formula is C20H24N2O4. The van der Waals surface area contributed by atoms with Crippen LogP contribution in [0.15, 0.2) is 42.5 Å². The van der Waals surface area contributed by atoms with Crippen molar-refractivity contribution in [2.45, 2.75) is 32.3 Å². The normalized spacial score (nSPS) is 11.6. The van der Waals surface area contributed by atoms with Crippen molar-refractivity contribution in [3.05, 3.63) is 48.0 Å². The zero-order chi connectivity index (χ0) is 19.1. The van der Waals surface area contributed by atoms with Gasteiger partial charge in [0.25, 0.3) is 0 Å². The minimum absolute atomic E-state index is 0.0182. The third-order valence-electron chi connectivity index (χ3n) is 4.06. The Kier molecular flexibility index (Phi) is 6.60. The lowest BCUT2D eigenvalue weighted by Gasteiger charge is -2.17. The Labute approximate surface area is 153 Å². The molecule has 4 N–H and O–H groups in total. The van der Waals surface area contributed by atoms with E-state index in [9.17, 15) is 9.90 Å². The lowest BCUT2D eigenvalue weighted by atomic mass is 10.0. The highest BCUT2D eigenvalue weighted by molar-refractivity contribution is 5.95. The third-order valence-corrected chi connectivity index (χ3v) is 4.06. The summed E-state index contributed by atoms with van der Waals surface area (Å²) in [5.41, 5.74) is 7.95. The summed E-state index contributed by atoms with van der Waals surface area (Å²) in [6, 6.07) is 12.7. The van der Waals surface area contributed by atoms with E-state index >= 15 is 0 Å². The van der Waals surface area contributed by atoms with Crippen LogP contribution in [0, 0.1) is 5.41 Å². The Balaban J connectivity index is 2.25. The summed E-state index contributed by atoms with van der Waals surface area (Å²) in [5, 5.41) is 16.8. The Hall–Kier alpha value is -3.02. The molecule has 0 saturated heterocycles. The monoisotopic (exact) mass is 356 g/mol. The molecule has 0 spiro atoms. The molecule has 0 aromatic heterocycles. The van der Waals surface area contributed by atoms with Crippen LogP contribution >= 0.6 is 0 Å². The number of hydrogen-bond acceptors (Lipinski definition) is 4. The largest absolute Gasteiger partial charge is 0.493 e. The second kappa shape index (κ2) is 8.89. The van der Waals surface area contributed by atoms with Crippen molar-refractivity contribution in [1.82, 2.24) is 0 Å². The Bertz CT molecular complexity index is 772. The molecule has 0 heterocycles. The molecule has 1 unspecified atom stereocenters. The first-order chi connectivity index (χ1) is 12.5. The predicted octanol–water partition coefficient (Wildman–Crippen LogP) is 3.67. The number of unbranched alkanes of at least 4 members (excludes halogenated alkanes) is 1. The van der Waals surface area contributed by atoms with Crippen molar-refractivity contribution in [2.75, 3.05) is 7.11 Å². The Morgan fingerprint density at radius 3 is 2.35 bits per heavy atom. The maximum absolute atomic E-state index is 11.4. The minimum atomic E-state index is -0.982. The van der Waals surface area contributed by atoms with E-state index in [-0.39, 0.29) is 5.84 Å². The van der Waals surface area contributed by atoms with E-state index in [0.717, 1.165) is 24.0 Å². The van der Waals surface area contributed by atoms with Crippen molar-refractivity contribution in [1.29, 1.82) is 5.41 Å². The molecule has 0 radical (unpaired) electrons. The fraction of sp³-hybridized carbons (Fsp3) is 0.300. The number of aliphatic carboxylic acids is 1. The summed E-state index contributed by atoms with van der Waals surface area (Å²) in [6.45, 7) is 2.01. The van der Waals surface area contributed by atoms with Crippen LogP contribution in [-0.4, -0.2) is 30.1 Å². The molecule has 6 nitrogen and oxygen atoms in total. The van der Waals surface area contributed by atoms with Gasteiger partial charge < -0.3 is 20.3 Å². The maximum Gasteiger partial charge on any atom is 0.344 e. The van der Waals surface area contributed by atoms with Crippen molar-refractivity contribution in [3.63, 3.8) is 0 Å². The number of rotatable bonds is 9. The lowest BCUT2D eigenvalue weighted by Crippen LogP contribution is -2.27. The van der Waals surface area contributed by atoms with Gasteiger partial charge in [0, 0.05) is 5.56 Å². The van der Waals surface area contributed by atoms with Gasteiger partial charge in [-0.2, -0.15) is 0 Å². The number of carbonyl (C=O) groups is 1. The summed E-state index contributed by atoms with van der Waals surface area (Å²) in [7, 11) is 1.52. The second-order valence-corrected chi connectivity index (χ2v) is 5.94. The van der Waals surface area contributed by atoms with E-state index in [4.69, 9.17) is 20.6 Å². The van der Waals surface area contributed by atoms with Gasteiger partial charge in [0.15, 0.2) is 17.6 Å². The van der Waals surface area contributed by atoms with Crippen LogP contribution in [0.1, 0.15) is 31.7 Å². The van der Waals surface area contributed by atoms with E-state index in [1.54, 1.807) is 24.3 Å². The van der Waals surface area contributed by atoms with Gasteiger partial charge >= 0.3 is 5.97 Å². The van der Waals surface area contributed by atoms with E-state index < -0.39 is 12.1 Å². The van der Waals surface area contributed by atoms with Crippen LogP contribution in [0.5, 0.6) is 11.5 Å². The van der Waals surface area contributed by atoms with Gasteiger partial charge in [-0.3, -0.25) is 5.41 Å². The molecule has 0 saturated carbocycles. The lowest BCUT2D eigenvalue weighted by molar-refractivity contribution is -0.145. The van der Waals surface area contributed by atoms with Crippen LogP contribution in [-0.2, 0) is 4.79 Å². The number of methoxy groups -OCH3 is 1. The zero-order valence-corrected chi connectivity index (χ0v) is 15.0. The van der Waals surface area contributed by atoms with Crippen LogP contribution in [0.2, 0.25) is 0 Å². The fourth-order valence-electron chi connectivity index (χ4n) is 2.56. The first-order valence-electron chi connectivity index (χ1n) is 8.48. The SMILES string of the molecule is CCCCC(Oc1ccc(-c2ccc(C(=N)N)cc2)cc1OC)C(=O)O. The molecule has 0 aliphatic rings. The van der Waals surface area contributed by atoms with E-state index in [1.807, 2.05) is 25.1 Å². The topological polar surface area (TPSA) is 106 Å². The minimum Gasteiger partial charge on any atom is -0.493 e. The van der Waals surface area contributed by atoms with Gasteiger partial charge in [0.2, 0.25) is 0 Å². The van der Waals surface area contributed by atoms with Gasteiger partial charge in [-0.15, -0.1) is 0 Å². The molecule has 138 valence electrons. The highest BCUT2D eigenvalue weighted by Crippen LogP contribution is 2.33. The van der Waals surface area contributed by atoms with E-state index in [0.29, 0.717) is 23.5 Å². The fourth-order valence-corrected chi connectivity index (χ4v) is 2.56. The van der Waals surface area contributed by atoms with Crippen molar-refractivity contribution in [3.8, 4) is 22.6 Å². The number of nitrogen functional groups attached to an aromatic ring is 1. The van der Waals surface area contributed by atoms with Gasteiger partial charge in [-0.25, -0.2) is 4.79 Å². The molecule has 6 heteroatoms. The van der Waals surface area contributed by atoms with Gasteiger partial charge in [-0.1, -0.05) is 43.7 Å². The average Bonchev–Trinajstić information content (AvgIpc) is 2.65. The second-order valence-electron chi connectivity index (χ2n) is 5.94. The summed E-state index contributed by atoms with van der Waals surface area (Å²) in [6.07, 6.45) is 1.23. The molecule has 0 fully saturated rings. The van der Waals surface area contributed by atoms with Crippen molar-refractivity contribution >= 4 is 11.8 Å². The van der Waals surface area contributed by atoms with Crippen molar-refractivity contribution < 1.29 is 19.4 Å². The van der Waals surface area contributed by atoms with Crippen LogP contribution < -0.4 is 15.2 Å². The molecule has 0 aliphatic heterocycles. The zero-order valence-electron chi connectivity index (χ0n) is 15.0. The third kappa shape index (κ3) is 4.75. The van der Waals surface area contributed by atoms with Gasteiger partial charge in [0.1, 0.15) is 5.84 Å². The van der Waals surface area contributed by atoms with Crippen LogP contribution in [0.4, 0.5) is 0 Å². The number of nitrogens with one attached hydrogen (secondary N) is 1. The number of ether oxygens (including phenoxy) is 2. The highest BCUT2D eigenvalue weighted by atomic mass is 16.5. The number of amidine groups is 1. The first kappa shape index (κ1) is 19.3. The number of hydrogen-bond donors (Lipinski definition) is 3. The molecule has 2 aromatic rings. The molecule has 0 amide bonds. The maximum atomic E-state index is 11.4. The van der Waals surface area contributed by atoms with Gasteiger partial charge in [0.05, 0.1) is 7.11 Å². The Morgan fingerprint density at radius 1 is 1.15 bits per heavy atom. The molecule has 26 heavy (non-hydrogen) atoms. The summed E-state index contributed by atoms with van der Waals surface area (Å²) in [5.74, 6) is -0.0879. The standard InChI is InChI=1S/C20H24N2O4/c1-3-4-5-17(20(23)24)26-16-11-10-15(12-18(16)25-2)13-6-8-14(9-7-13)19(21)22/h6-12,17H,3-5H2,1-2H3,(H3,21,22)(H,23,24). The van der Waals surface area contributed by atoms with Crippen LogP contribution in [0.25, 0.3) is 11.1 Å². The number of carboxylic acid groups (broad SMARTS) is 1. The van der Waals surface area contributed by atoms with E-state index in [1.165, 1.54) is 7.11 Å². The summed E-state index contributed by atoms with van der Waals surface area (Å²) < 4.78 is 11.1. The smallest absolute Gasteiger partial charge is 0.344 e. The average molecular weight is 356 g/mol. The Morgan fingerprint density at radius 2 is 1.81 bits per heavy atom. The molecule has 2 aromatic carbocycles. The molecule has 2 rings (SSSR count). The number of nitrogens with two attached hydrogens (primary N) is 1. The molecular weight excluding hydrogens is 332 g/mol. The summed E-state index contributed by atoms with van der Waals surface area (Å²) >= 11 is 0. The molecule has 0 bridgehead atoms. The first-order valence-corrected chi connectivity index (χ1v) is 8.48. The highest BCUT2D eigenvalue weighted by Gasteiger charge is 2.20. The summed E-state index contributed by atoms with van der Waals surface area (Å²) in [4.78, 5) is 11.4. The number of benzene rings is 2. The number of carboxylic acids is 1. The predicted molar refractivity (Wildman–Crippen MR) is 101 cm³/mol.